The summed E-state index contributed by atoms with van der Waals surface area (Å²) in [6, 6.07) is 17.6. The van der Waals surface area contributed by atoms with Gasteiger partial charge in [0.1, 0.15) is 11.5 Å². The third-order valence-corrected chi connectivity index (χ3v) is 5.45. The number of nitrogens with one attached hydrogen (secondary N) is 1. The van der Waals surface area contributed by atoms with E-state index in [1.165, 1.54) is 0 Å². The zero-order chi connectivity index (χ0) is 19.3. The van der Waals surface area contributed by atoms with Crippen LogP contribution in [0.2, 0.25) is 0 Å². The number of para-hydroxylation sites is 2. The molecule has 0 amide bonds. The van der Waals surface area contributed by atoms with Gasteiger partial charge in [-0.1, -0.05) is 43.3 Å². The maximum Gasteiger partial charge on any atom is 0.262 e. The highest BCUT2D eigenvalue weighted by Crippen LogP contribution is 2.33. The van der Waals surface area contributed by atoms with Crippen LogP contribution >= 0.6 is 0 Å². The first-order valence-corrected chi connectivity index (χ1v) is 10.4. The van der Waals surface area contributed by atoms with Gasteiger partial charge >= 0.3 is 0 Å². The van der Waals surface area contributed by atoms with E-state index in [0.717, 1.165) is 11.8 Å². The average Bonchev–Trinajstić information content (AvgIpc) is 2.67. The van der Waals surface area contributed by atoms with Gasteiger partial charge in [0.15, 0.2) is 0 Å². The summed E-state index contributed by atoms with van der Waals surface area (Å²) in [5, 5.41) is 1.39. The Bertz CT molecular complexity index is 1030. The standard InChI is InChI=1S/C21H23NO4S/c1-3-15-26-19-13-14-21(17-10-6-5-9-16(17)19)27(23,24)22-18-11-7-8-12-20(18)25-4-2/h5-14,22H,3-4,15H2,1-2H3. The molecular formula is C21H23NO4S. The molecule has 1 N–H and O–H groups in total. The zero-order valence-electron chi connectivity index (χ0n) is 15.4. The van der Waals surface area contributed by atoms with Gasteiger partial charge in [0.05, 0.1) is 23.8 Å². The summed E-state index contributed by atoms with van der Waals surface area (Å²) in [6.45, 7) is 4.91. The number of anilines is 1. The lowest BCUT2D eigenvalue weighted by atomic mass is 10.1. The highest BCUT2D eigenvalue weighted by atomic mass is 32.2. The molecule has 0 aliphatic rings. The normalized spacial score (nSPS) is 11.3. The lowest BCUT2D eigenvalue weighted by Gasteiger charge is -2.15. The van der Waals surface area contributed by atoms with E-state index < -0.39 is 10.0 Å². The van der Waals surface area contributed by atoms with E-state index in [0.29, 0.717) is 35.8 Å². The highest BCUT2D eigenvalue weighted by Gasteiger charge is 2.20. The fourth-order valence-corrected chi connectivity index (χ4v) is 4.13. The molecule has 0 fully saturated rings. The molecule has 0 saturated carbocycles. The quantitative estimate of drug-likeness (QED) is 0.603. The van der Waals surface area contributed by atoms with Crippen LogP contribution in [0.5, 0.6) is 11.5 Å². The molecule has 5 nitrogen and oxygen atoms in total. The highest BCUT2D eigenvalue weighted by molar-refractivity contribution is 7.93. The Morgan fingerprint density at radius 3 is 2.26 bits per heavy atom. The van der Waals surface area contributed by atoms with Crippen molar-refractivity contribution in [1.29, 1.82) is 0 Å². The van der Waals surface area contributed by atoms with Gasteiger partial charge in [0.2, 0.25) is 0 Å². The van der Waals surface area contributed by atoms with Crippen LogP contribution in [0.1, 0.15) is 20.3 Å². The van der Waals surface area contributed by atoms with Crippen LogP contribution in [-0.4, -0.2) is 21.6 Å². The zero-order valence-corrected chi connectivity index (χ0v) is 16.3. The van der Waals surface area contributed by atoms with Crippen LogP contribution in [-0.2, 0) is 10.0 Å². The van der Waals surface area contributed by atoms with Crippen molar-refractivity contribution in [2.75, 3.05) is 17.9 Å². The van der Waals surface area contributed by atoms with E-state index in [-0.39, 0.29) is 4.90 Å². The monoisotopic (exact) mass is 385 g/mol. The van der Waals surface area contributed by atoms with Crippen molar-refractivity contribution in [1.82, 2.24) is 0 Å². The Hall–Kier alpha value is -2.73. The van der Waals surface area contributed by atoms with Gasteiger partial charge in [-0.3, -0.25) is 4.72 Å². The molecule has 6 heteroatoms. The van der Waals surface area contributed by atoms with Crippen LogP contribution in [0.3, 0.4) is 0 Å². The maximum absolute atomic E-state index is 13.1. The molecule has 0 aliphatic heterocycles. The number of hydrogen-bond donors (Lipinski definition) is 1. The molecule has 0 saturated heterocycles. The summed E-state index contributed by atoms with van der Waals surface area (Å²) in [6.07, 6.45) is 0.879. The van der Waals surface area contributed by atoms with Crippen molar-refractivity contribution < 1.29 is 17.9 Å². The molecule has 0 bridgehead atoms. The van der Waals surface area contributed by atoms with E-state index in [1.54, 1.807) is 42.5 Å². The Labute approximate surface area is 160 Å². The molecule has 0 aliphatic carbocycles. The van der Waals surface area contributed by atoms with Crippen molar-refractivity contribution in [3.05, 3.63) is 60.7 Å². The number of hydrogen-bond acceptors (Lipinski definition) is 4. The Balaban J connectivity index is 2.04. The van der Waals surface area contributed by atoms with Crippen molar-refractivity contribution in [2.45, 2.75) is 25.2 Å². The number of rotatable bonds is 8. The van der Waals surface area contributed by atoms with Gasteiger partial charge in [-0.2, -0.15) is 0 Å². The predicted molar refractivity (Wildman–Crippen MR) is 108 cm³/mol. The van der Waals surface area contributed by atoms with Gasteiger partial charge in [0.25, 0.3) is 10.0 Å². The van der Waals surface area contributed by atoms with Crippen LogP contribution in [0.25, 0.3) is 10.8 Å². The number of ether oxygens (including phenoxy) is 2. The second kappa shape index (κ2) is 8.31. The molecule has 3 aromatic carbocycles. The molecule has 142 valence electrons. The second-order valence-electron chi connectivity index (χ2n) is 5.99. The third kappa shape index (κ3) is 4.17. The second-order valence-corrected chi connectivity index (χ2v) is 7.64. The molecule has 0 radical (unpaired) electrons. The first kappa shape index (κ1) is 19.0. The van der Waals surface area contributed by atoms with E-state index >= 15 is 0 Å². The van der Waals surface area contributed by atoms with Gasteiger partial charge in [-0.15, -0.1) is 0 Å². The summed E-state index contributed by atoms with van der Waals surface area (Å²) >= 11 is 0. The SMILES string of the molecule is CCCOc1ccc(S(=O)(=O)Nc2ccccc2OCC)c2ccccc12. The summed E-state index contributed by atoms with van der Waals surface area (Å²) in [7, 11) is -3.80. The van der Waals surface area contributed by atoms with Crippen molar-refractivity contribution in [3.63, 3.8) is 0 Å². The smallest absolute Gasteiger partial charge is 0.262 e. The molecule has 0 spiro atoms. The Morgan fingerprint density at radius 1 is 0.815 bits per heavy atom. The largest absolute Gasteiger partial charge is 0.493 e. The fraction of sp³-hybridized carbons (Fsp3) is 0.238. The average molecular weight is 385 g/mol. The molecule has 3 aromatic rings. The Morgan fingerprint density at radius 2 is 1.52 bits per heavy atom. The molecule has 0 aromatic heterocycles. The molecule has 3 rings (SSSR count). The van der Waals surface area contributed by atoms with Crippen molar-refractivity contribution in [2.24, 2.45) is 0 Å². The van der Waals surface area contributed by atoms with Gasteiger partial charge in [-0.25, -0.2) is 8.42 Å². The van der Waals surface area contributed by atoms with Crippen molar-refractivity contribution in [3.8, 4) is 11.5 Å². The van der Waals surface area contributed by atoms with Crippen LogP contribution in [0, 0.1) is 0 Å². The lowest BCUT2D eigenvalue weighted by molar-refractivity contribution is 0.321. The molecule has 0 atom stereocenters. The minimum atomic E-state index is -3.80. The molecule has 0 heterocycles. The topological polar surface area (TPSA) is 64.6 Å². The molecule has 27 heavy (non-hydrogen) atoms. The van der Waals surface area contributed by atoms with E-state index in [9.17, 15) is 8.42 Å². The summed E-state index contributed by atoms with van der Waals surface area (Å²) in [5.74, 6) is 1.18. The predicted octanol–water partition coefficient (Wildman–Crippen LogP) is 4.83. The van der Waals surface area contributed by atoms with Crippen LogP contribution in [0.15, 0.2) is 65.6 Å². The molecule has 0 unspecified atom stereocenters. The maximum atomic E-state index is 13.1. The summed E-state index contributed by atoms with van der Waals surface area (Å²) in [4.78, 5) is 0.202. The van der Waals surface area contributed by atoms with Crippen LogP contribution in [0.4, 0.5) is 5.69 Å². The minimum Gasteiger partial charge on any atom is -0.493 e. The number of sulfonamides is 1. The van der Waals surface area contributed by atoms with E-state index in [1.807, 2.05) is 32.0 Å². The number of fused-ring (bicyclic) bond motifs is 1. The summed E-state index contributed by atoms with van der Waals surface area (Å²) < 4.78 is 40.1. The Kier molecular flexibility index (Phi) is 5.86. The molecular weight excluding hydrogens is 362 g/mol. The van der Waals surface area contributed by atoms with Gasteiger partial charge in [-0.05, 0) is 37.6 Å². The number of benzene rings is 3. The van der Waals surface area contributed by atoms with Crippen LogP contribution < -0.4 is 14.2 Å². The fourth-order valence-electron chi connectivity index (χ4n) is 2.85. The van der Waals surface area contributed by atoms with Gasteiger partial charge in [0, 0.05) is 10.8 Å². The van der Waals surface area contributed by atoms with Crippen molar-refractivity contribution >= 4 is 26.5 Å². The first-order valence-electron chi connectivity index (χ1n) is 8.96. The van der Waals surface area contributed by atoms with E-state index in [4.69, 9.17) is 9.47 Å². The third-order valence-electron chi connectivity index (χ3n) is 4.03. The van der Waals surface area contributed by atoms with E-state index in [2.05, 4.69) is 4.72 Å². The first-order chi connectivity index (χ1) is 13.1. The summed E-state index contributed by atoms with van der Waals surface area (Å²) in [5.41, 5.74) is 0.412. The lowest BCUT2D eigenvalue weighted by Crippen LogP contribution is -2.14. The van der Waals surface area contributed by atoms with Gasteiger partial charge < -0.3 is 9.47 Å². The minimum absolute atomic E-state index is 0.202.